The molecule has 1 amide bonds. The van der Waals surface area contributed by atoms with Gasteiger partial charge in [0.25, 0.3) is 0 Å². The molecule has 1 aliphatic rings. The summed E-state index contributed by atoms with van der Waals surface area (Å²) in [6.07, 6.45) is 1.85. The lowest BCUT2D eigenvalue weighted by Crippen LogP contribution is -2.55. The Balaban J connectivity index is 2.85. The van der Waals surface area contributed by atoms with Crippen LogP contribution in [0.1, 0.15) is 33.6 Å². The van der Waals surface area contributed by atoms with E-state index in [1.165, 1.54) is 4.90 Å². The van der Waals surface area contributed by atoms with Gasteiger partial charge in [0.1, 0.15) is 5.54 Å². The molecular weight excluding hydrogens is 226 g/mol. The molecule has 4 nitrogen and oxygen atoms in total. The summed E-state index contributed by atoms with van der Waals surface area (Å²) >= 11 is 1.62. The first-order valence-corrected chi connectivity index (χ1v) is 6.36. The van der Waals surface area contributed by atoms with E-state index in [1.54, 1.807) is 32.7 Å². The summed E-state index contributed by atoms with van der Waals surface area (Å²) in [5.41, 5.74) is -1.15. The Morgan fingerprint density at radius 3 is 2.38 bits per heavy atom. The molecule has 0 aromatic carbocycles. The molecule has 1 unspecified atom stereocenters. The maximum absolute atomic E-state index is 12.3. The number of likely N-dealkylation sites (N-methyl/N-ethyl adjacent to an activating group) is 1. The van der Waals surface area contributed by atoms with Gasteiger partial charge in [-0.3, -0.25) is 4.79 Å². The second kappa shape index (κ2) is 4.28. The molecule has 0 bridgehead atoms. The molecule has 0 radical (unpaired) electrons. The van der Waals surface area contributed by atoms with E-state index in [0.717, 1.165) is 18.6 Å². The number of amides is 1. The van der Waals surface area contributed by atoms with Crippen LogP contribution in [0, 0.1) is 0 Å². The van der Waals surface area contributed by atoms with Gasteiger partial charge >= 0.3 is 5.97 Å². The van der Waals surface area contributed by atoms with E-state index in [9.17, 15) is 9.59 Å². The molecule has 92 valence electrons. The monoisotopic (exact) mass is 245 g/mol. The van der Waals surface area contributed by atoms with Crippen LogP contribution in [0.2, 0.25) is 0 Å². The van der Waals surface area contributed by atoms with Crippen molar-refractivity contribution in [2.24, 2.45) is 0 Å². The molecule has 1 aliphatic heterocycles. The number of hydrogen-bond donors (Lipinski definition) is 1. The van der Waals surface area contributed by atoms with Crippen LogP contribution in [0.3, 0.4) is 0 Å². The number of rotatable bonds is 3. The fourth-order valence-corrected chi connectivity index (χ4v) is 2.99. The van der Waals surface area contributed by atoms with Gasteiger partial charge in [0.2, 0.25) is 5.91 Å². The van der Waals surface area contributed by atoms with Gasteiger partial charge in [-0.2, -0.15) is 0 Å². The van der Waals surface area contributed by atoms with E-state index < -0.39 is 16.3 Å². The van der Waals surface area contributed by atoms with Crippen LogP contribution >= 0.6 is 11.8 Å². The van der Waals surface area contributed by atoms with Crippen LogP contribution in [0.5, 0.6) is 0 Å². The third kappa shape index (κ3) is 2.19. The number of aliphatic carboxylic acids is 1. The molecule has 1 rings (SSSR count). The Bertz CT molecular complexity index is 308. The normalized spacial score (nSPS) is 25.5. The molecule has 0 aliphatic carbocycles. The maximum atomic E-state index is 12.3. The fourth-order valence-electron chi connectivity index (χ4n) is 1.70. The summed E-state index contributed by atoms with van der Waals surface area (Å²) < 4.78 is -0.443. The Kier molecular flexibility index (Phi) is 3.57. The molecule has 0 aromatic heterocycles. The third-order valence-corrected chi connectivity index (χ3v) is 4.85. The van der Waals surface area contributed by atoms with Crippen LogP contribution in [-0.2, 0) is 9.59 Å². The summed E-state index contributed by atoms with van der Waals surface area (Å²) in [5.74, 6) is -0.0822. The number of carbonyl (C=O) groups is 2. The fraction of sp³-hybridized carbons (Fsp3) is 0.818. The van der Waals surface area contributed by atoms with Gasteiger partial charge in [-0.05, 0) is 39.4 Å². The lowest BCUT2D eigenvalue weighted by Gasteiger charge is -2.36. The highest BCUT2D eigenvalue weighted by Gasteiger charge is 2.45. The van der Waals surface area contributed by atoms with Crippen molar-refractivity contribution in [3.63, 3.8) is 0 Å². The van der Waals surface area contributed by atoms with Crippen molar-refractivity contribution in [2.75, 3.05) is 12.8 Å². The minimum atomic E-state index is -1.15. The SMILES string of the molecule is CN(C(=O)C1(C)CCCS1)C(C)(C)C(=O)O. The summed E-state index contributed by atoms with van der Waals surface area (Å²) in [5, 5.41) is 9.09. The van der Waals surface area contributed by atoms with Crippen molar-refractivity contribution in [1.29, 1.82) is 0 Å². The molecule has 16 heavy (non-hydrogen) atoms. The topological polar surface area (TPSA) is 57.6 Å². The van der Waals surface area contributed by atoms with Crippen LogP contribution in [0.15, 0.2) is 0 Å². The smallest absolute Gasteiger partial charge is 0.329 e. The molecule has 1 N–H and O–H groups in total. The van der Waals surface area contributed by atoms with E-state index >= 15 is 0 Å². The Morgan fingerprint density at radius 2 is 2.00 bits per heavy atom. The van der Waals surface area contributed by atoms with Crippen LogP contribution in [0.4, 0.5) is 0 Å². The lowest BCUT2D eigenvalue weighted by atomic mass is 9.98. The Hall–Kier alpha value is -0.710. The predicted octanol–water partition coefficient (Wildman–Crippen LogP) is 1.59. The number of nitrogens with zero attached hydrogens (tertiary/aromatic N) is 1. The van der Waals surface area contributed by atoms with Gasteiger partial charge in [0, 0.05) is 7.05 Å². The molecule has 1 atom stereocenters. The minimum absolute atomic E-state index is 0.0811. The van der Waals surface area contributed by atoms with Crippen molar-refractivity contribution < 1.29 is 14.7 Å². The van der Waals surface area contributed by atoms with Crippen molar-refractivity contribution in [1.82, 2.24) is 4.90 Å². The molecule has 1 saturated heterocycles. The second-order valence-corrected chi connectivity index (χ2v) is 6.51. The standard InChI is InChI=1S/C11H19NO3S/c1-10(2,9(14)15)12(4)8(13)11(3)6-5-7-16-11/h5-7H2,1-4H3,(H,14,15). The molecule has 0 spiro atoms. The van der Waals surface area contributed by atoms with E-state index in [1.807, 2.05) is 6.92 Å². The first-order valence-electron chi connectivity index (χ1n) is 5.37. The van der Waals surface area contributed by atoms with Crippen molar-refractivity contribution >= 4 is 23.6 Å². The highest BCUT2D eigenvalue weighted by Crippen LogP contribution is 2.40. The average Bonchev–Trinajstić information content (AvgIpc) is 2.63. The third-order valence-electron chi connectivity index (χ3n) is 3.34. The van der Waals surface area contributed by atoms with Crippen molar-refractivity contribution in [3.05, 3.63) is 0 Å². The van der Waals surface area contributed by atoms with Crippen LogP contribution < -0.4 is 0 Å². The zero-order valence-corrected chi connectivity index (χ0v) is 11.1. The van der Waals surface area contributed by atoms with Crippen molar-refractivity contribution in [3.8, 4) is 0 Å². The molecule has 5 heteroatoms. The zero-order chi connectivity index (χ0) is 12.6. The first kappa shape index (κ1) is 13.4. The number of carbonyl (C=O) groups excluding carboxylic acids is 1. The van der Waals surface area contributed by atoms with Gasteiger partial charge in [-0.1, -0.05) is 0 Å². The van der Waals surface area contributed by atoms with Crippen LogP contribution in [-0.4, -0.2) is 45.0 Å². The Morgan fingerprint density at radius 1 is 1.44 bits per heavy atom. The van der Waals surface area contributed by atoms with E-state index in [0.29, 0.717) is 0 Å². The molecule has 1 fully saturated rings. The molecule has 0 aromatic rings. The quantitative estimate of drug-likeness (QED) is 0.820. The highest BCUT2D eigenvalue weighted by atomic mass is 32.2. The van der Waals surface area contributed by atoms with E-state index in [-0.39, 0.29) is 5.91 Å². The van der Waals surface area contributed by atoms with Gasteiger partial charge in [0.15, 0.2) is 0 Å². The lowest BCUT2D eigenvalue weighted by molar-refractivity contribution is -0.156. The zero-order valence-electron chi connectivity index (χ0n) is 10.2. The van der Waals surface area contributed by atoms with Gasteiger partial charge in [0.05, 0.1) is 4.75 Å². The summed E-state index contributed by atoms with van der Waals surface area (Å²) in [6.45, 7) is 5.01. The van der Waals surface area contributed by atoms with Gasteiger partial charge in [-0.15, -0.1) is 11.8 Å². The largest absolute Gasteiger partial charge is 0.480 e. The number of thioether (sulfide) groups is 1. The second-order valence-electron chi connectivity index (χ2n) is 4.91. The van der Waals surface area contributed by atoms with E-state index in [2.05, 4.69) is 0 Å². The van der Waals surface area contributed by atoms with Crippen molar-refractivity contribution in [2.45, 2.75) is 43.9 Å². The van der Waals surface area contributed by atoms with Crippen LogP contribution in [0.25, 0.3) is 0 Å². The number of hydrogen-bond acceptors (Lipinski definition) is 3. The molecule has 0 saturated carbocycles. The summed E-state index contributed by atoms with van der Waals surface area (Å²) in [4.78, 5) is 24.7. The summed E-state index contributed by atoms with van der Waals surface area (Å²) in [7, 11) is 1.57. The molecule has 1 heterocycles. The first-order chi connectivity index (χ1) is 7.22. The molecular formula is C11H19NO3S. The average molecular weight is 245 g/mol. The summed E-state index contributed by atoms with van der Waals surface area (Å²) in [6, 6.07) is 0. The Labute approximate surface area is 100 Å². The van der Waals surface area contributed by atoms with E-state index in [4.69, 9.17) is 5.11 Å². The van der Waals surface area contributed by atoms with Gasteiger partial charge in [-0.25, -0.2) is 4.79 Å². The highest BCUT2D eigenvalue weighted by molar-refractivity contribution is 8.01. The maximum Gasteiger partial charge on any atom is 0.329 e. The minimum Gasteiger partial charge on any atom is -0.480 e. The number of carboxylic acid groups (broad SMARTS) is 1. The predicted molar refractivity (Wildman–Crippen MR) is 64.6 cm³/mol. The van der Waals surface area contributed by atoms with Gasteiger partial charge < -0.3 is 10.0 Å². The number of carboxylic acids is 1.